The first-order valence-corrected chi connectivity index (χ1v) is 6.01. The van der Waals surface area contributed by atoms with Gasteiger partial charge < -0.3 is 14.8 Å². The van der Waals surface area contributed by atoms with Crippen molar-refractivity contribution in [1.29, 1.82) is 0 Å². The van der Waals surface area contributed by atoms with Gasteiger partial charge in [0.25, 0.3) is 5.91 Å². The monoisotopic (exact) mass is 293 g/mol. The van der Waals surface area contributed by atoms with Gasteiger partial charge in [0.15, 0.2) is 0 Å². The summed E-state index contributed by atoms with van der Waals surface area (Å²) >= 11 is 5.66. The van der Waals surface area contributed by atoms with E-state index in [1.165, 1.54) is 31.4 Å². The number of benzene rings is 1. The Morgan fingerprint density at radius 2 is 2.00 bits per heavy atom. The number of amides is 1. The van der Waals surface area contributed by atoms with Crippen molar-refractivity contribution in [3.05, 3.63) is 29.8 Å². The van der Waals surface area contributed by atoms with Crippen molar-refractivity contribution >= 4 is 17.5 Å². The molecule has 0 aliphatic heterocycles. The highest BCUT2D eigenvalue weighted by Gasteiger charge is 2.13. The minimum Gasteiger partial charge on any atom is -0.435 e. The molecule has 0 heterocycles. The Morgan fingerprint density at radius 1 is 1.37 bits per heavy atom. The lowest BCUT2D eigenvalue weighted by molar-refractivity contribution is -0.0498. The summed E-state index contributed by atoms with van der Waals surface area (Å²) in [6, 6.07) is 5.08. The number of rotatable bonds is 7. The summed E-state index contributed by atoms with van der Waals surface area (Å²) in [7, 11) is 1.50. The van der Waals surface area contributed by atoms with Crippen LogP contribution in [0.4, 0.5) is 8.78 Å². The van der Waals surface area contributed by atoms with Crippen LogP contribution in [0.1, 0.15) is 10.4 Å². The number of carbonyl (C=O) groups excluding carboxylic acids is 1. The number of alkyl halides is 3. The number of halogens is 3. The fraction of sp³-hybridized carbons (Fsp3) is 0.417. The maximum atomic E-state index is 12.0. The van der Waals surface area contributed by atoms with Crippen molar-refractivity contribution in [3.63, 3.8) is 0 Å². The summed E-state index contributed by atoms with van der Waals surface area (Å²) in [5, 5.41) is 2.66. The molecule has 7 heteroatoms. The topological polar surface area (TPSA) is 47.6 Å². The van der Waals surface area contributed by atoms with E-state index < -0.39 is 6.61 Å². The average Bonchev–Trinajstić information content (AvgIpc) is 2.38. The van der Waals surface area contributed by atoms with E-state index in [0.717, 1.165) is 0 Å². The van der Waals surface area contributed by atoms with E-state index in [9.17, 15) is 13.6 Å². The SMILES string of the molecule is COCC(CCl)NC(=O)c1ccc(OC(F)F)cc1. The lowest BCUT2D eigenvalue weighted by Gasteiger charge is -2.15. The normalized spacial score (nSPS) is 12.3. The fourth-order valence-electron chi connectivity index (χ4n) is 1.38. The first kappa shape index (κ1) is 15.7. The molecule has 0 aromatic heterocycles. The quantitative estimate of drug-likeness (QED) is 0.785. The second-order valence-electron chi connectivity index (χ2n) is 3.68. The Labute approximate surface area is 114 Å². The molecular weight excluding hydrogens is 280 g/mol. The molecule has 1 aromatic carbocycles. The molecule has 0 aliphatic rings. The first-order chi connectivity index (χ1) is 9.06. The summed E-state index contributed by atoms with van der Waals surface area (Å²) < 4.78 is 33.0. The Bertz CT molecular complexity index is 400. The van der Waals surface area contributed by atoms with Gasteiger partial charge in [-0.2, -0.15) is 8.78 Å². The number of hydrogen-bond acceptors (Lipinski definition) is 3. The summed E-state index contributed by atoms with van der Waals surface area (Å²) in [6.07, 6.45) is 0. The van der Waals surface area contributed by atoms with E-state index in [2.05, 4.69) is 10.1 Å². The van der Waals surface area contributed by atoms with Gasteiger partial charge in [0.05, 0.1) is 12.6 Å². The standard InChI is InChI=1S/C12H14ClF2NO3/c1-18-7-9(6-13)16-11(17)8-2-4-10(5-3-8)19-12(14)15/h2-5,9,12H,6-7H2,1H3,(H,16,17). The zero-order valence-electron chi connectivity index (χ0n) is 10.2. The van der Waals surface area contributed by atoms with Crippen LogP contribution in [-0.4, -0.2) is 38.2 Å². The van der Waals surface area contributed by atoms with Crippen molar-refractivity contribution in [3.8, 4) is 5.75 Å². The Morgan fingerprint density at radius 3 is 2.47 bits per heavy atom. The highest BCUT2D eigenvalue weighted by atomic mass is 35.5. The third-order valence-corrected chi connectivity index (χ3v) is 2.60. The summed E-state index contributed by atoms with van der Waals surface area (Å²) in [6.45, 7) is -2.59. The van der Waals surface area contributed by atoms with Crippen LogP contribution in [0, 0.1) is 0 Å². The Kier molecular flexibility index (Phi) is 6.52. The van der Waals surface area contributed by atoms with Crippen molar-refractivity contribution < 1.29 is 23.0 Å². The van der Waals surface area contributed by atoms with Crippen LogP contribution in [0.25, 0.3) is 0 Å². The third kappa shape index (κ3) is 5.40. The molecule has 0 saturated heterocycles. The van der Waals surface area contributed by atoms with Gasteiger partial charge in [0.2, 0.25) is 0 Å². The fourth-order valence-corrected chi connectivity index (χ4v) is 1.55. The molecule has 1 N–H and O–H groups in total. The van der Waals surface area contributed by atoms with E-state index in [4.69, 9.17) is 16.3 Å². The minimum absolute atomic E-state index is 0.00247. The van der Waals surface area contributed by atoms with Gasteiger partial charge in [-0.05, 0) is 24.3 Å². The van der Waals surface area contributed by atoms with Gasteiger partial charge in [-0.15, -0.1) is 11.6 Å². The molecule has 1 atom stereocenters. The van der Waals surface area contributed by atoms with Crippen molar-refractivity contribution in [2.24, 2.45) is 0 Å². The molecule has 0 bridgehead atoms. The number of methoxy groups -OCH3 is 1. The molecule has 4 nitrogen and oxygen atoms in total. The summed E-state index contributed by atoms with van der Waals surface area (Å²) in [5.41, 5.74) is 0.327. The molecule has 0 aliphatic carbocycles. The van der Waals surface area contributed by atoms with Crippen molar-refractivity contribution in [1.82, 2.24) is 5.32 Å². The molecular formula is C12H14ClF2NO3. The molecule has 0 fully saturated rings. The second kappa shape index (κ2) is 7.91. The van der Waals surface area contributed by atoms with Crippen LogP contribution in [0.5, 0.6) is 5.75 Å². The number of ether oxygens (including phenoxy) is 2. The highest BCUT2D eigenvalue weighted by Crippen LogP contribution is 2.14. The predicted molar refractivity (Wildman–Crippen MR) is 66.9 cm³/mol. The largest absolute Gasteiger partial charge is 0.435 e. The summed E-state index contributed by atoms with van der Waals surface area (Å²) in [4.78, 5) is 11.8. The summed E-state index contributed by atoms with van der Waals surface area (Å²) in [5.74, 6) is -0.143. The van der Waals surface area contributed by atoms with E-state index in [-0.39, 0.29) is 23.6 Å². The van der Waals surface area contributed by atoms with Gasteiger partial charge in [0, 0.05) is 18.6 Å². The van der Waals surface area contributed by atoms with Crippen LogP contribution in [-0.2, 0) is 4.74 Å². The van der Waals surface area contributed by atoms with Crippen LogP contribution in [0.2, 0.25) is 0 Å². The van der Waals surface area contributed by atoms with Crippen LogP contribution in [0.15, 0.2) is 24.3 Å². The number of hydrogen-bond donors (Lipinski definition) is 1. The highest BCUT2D eigenvalue weighted by molar-refractivity contribution is 6.18. The number of carbonyl (C=O) groups is 1. The molecule has 0 spiro atoms. The van der Waals surface area contributed by atoms with E-state index in [1.54, 1.807) is 0 Å². The maximum Gasteiger partial charge on any atom is 0.387 e. The third-order valence-electron chi connectivity index (χ3n) is 2.23. The first-order valence-electron chi connectivity index (χ1n) is 5.47. The predicted octanol–water partition coefficient (Wildman–Crippen LogP) is 2.27. The zero-order valence-corrected chi connectivity index (χ0v) is 11.0. The molecule has 19 heavy (non-hydrogen) atoms. The Hall–Kier alpha value is -1.40. The smallest absolute Gasteiger partial charge is 0.387 e. The van der Waals surface area contributed by atoms with E-state index >= 15 is 0 Å². The van der Waals surface area contributed by atoms with E-state index in [0.29, 0.717) is 12.2 Å². The van der Waals surface area contributed by atoms with Crippen molar-refractivity contribution in [2.75, 3.05) is 19.6 Å². The molecule has 1 unspecified atom stereocenters. The maximum absolute atomic E-state index is 12.0. The second-order valence-corrected chi connectivity index (χ2v) is 3.99. The molecule has 1 aromatic rings. The molecule has 1 rings (SSSR count). The molecule has 0 radical (unpaired) electrons. The Balaban J connectivity index is 2.62. The lowest BCUT2D eigenvalue weighted by Crippen LogP contribution is -2.39. The minimum atomic E-state index is -2.89. The molecule has 0 saturated carbocycles. The zero-order chi connectivity index (χ0) is 14.3. The van der Waals surface area contributed by atoms with Gasteiger partial charge >= 0.3 is 6.61 Å². The molecule has 1 amide bonds. The van der Waals surface area contributed by atoms with Gasteiger partial charge in [-0.1, -0.05) is 0 Å². The molecule has 106 valence electrons. The van der Waals surface area contributed by atoms with Crippen LogP contribution in [0.3, 0.4) is 0 Å². The number of nitrogens with one attached hydrogen (secondary N) is 1. The van der Waals surface area contributed by atoms with Gasteiger partial charge in [-0.3, -0.25) is 4.79 Å². The van der Waals surface area contributed by atoms with Gasteiger partial charge in [0.1, 0.15) is 5.75 Å². The lowest BCUT2D eigenvalue weighted by atomic mass is 10.2. The van der Waals surface area contributed by atoms with Gasteiger partial charge in [-0.25, -0.2) is 0 Å². The van der Waals surface area contributed by atoms with Crippen LogP contribution < -0.4 is 10.1 Å². The average molecular weight is 294 g/mol. The van der Waals surface area contributed by atoms with Crippen molar-refractivity contribution in [2.45, 2.75) is 12.7 Å². The van der Waals surface area contributed by atoms with E-state index in [1.807, 2.05) is 0 Å². The van der Waals surface area contributed by atoms with Crippen LogP contribution >= 0.6 is 11.6 Å².